The number of nitrogens with zero attached hydrogens (tertiary/aromatic N) is 2. The highest BCUT2D eigenvalue weighted by molar-refractivity contribution is 6.04. The highest BCUT2D eigenvalue weighted by atomic mass is 16.1. The Morgan fingerprint density at radius 3 is 2.81 bits per heavy atom. The quantitative estimate of drug-likeness (QED) is 0.773. The van der Waals surface area contributed by atoms with Crippen LogP contribution in [-0.4, -0.2) is 21.1 Å². The molecule has 0 unspecified atom stereocenters. The molecule has 5 heteroatoms. The van der Waals surface area contributed by atoms with Gasteiger partial charge in [0.2, 0.25) is 0 Å². The molecule has 2 N–H and O–H groups in total. The maximum absolute atomic E-state index is 12.2. The van der Waals surface area contributed by atoms with E-state index in [9.17, 15) is 4.79 Å². The number of benzene rings is 1. The summed E-state index contributed by atoms with van der Waals surface area (Å²) in [6, 6.07) is 13.0. The Morgan fingerprint density at radius 1 is 1.19 bits per heavy atom. The number of amides is 1. The fraction of sp³-hybridized carbons (Fsp3) is 0.0625. The highest BCUT2D eigenvalue weighted by Gasteiger charge is 2.07. The van der Waals surface area contributed by atoms with Gasteiger partial charge in [0.25, 0.3) is 5.91 Å². The summed E-state index contributed by atoms with van der Waals surface area (Å²) in [5.74, 6) is -0.177. The smallest absolute Gasteiger partial charge is 0.257 e. The molecule has 0 saturated heterocycles. The molecule has 2 heterocycles. The molecule has 0 aliphatic carbocycles. The molecule has 1 amide bonds. The summed E-state index contributed by atoms with van der Waals surface area (Å²) < 4.78 is 0. The molecular weight excluding hydrogens is 264 g/mol. The van der Waals surface area contributed by atoms with Crippen LogP contribution in [0.25, 0.3) is 11.3 Å². The first kappa shape index (κ1) is 13.1. The molecule has 104 valence electrons. The molecule has 21 heavy (non-hydrogen) atoms. The fourth-order valence-electron chi connectivity index (χ4n) is 1.99. The number of aromatic nitrogens is 3. The maximum atomic E-state index is 12.2. The lowest BCUT2D eigenvalue weighted by molar-refractivity contribution is 0.102. The maximum Gasteiger partial charge on any atom is 0.257 e. The zero-order valence-corrected chi connectivity index (χ0v) is 11.5. The molecule has 1 aromatic carbocycles. The van der Waals surface area contributed by atoms with Crippen LogP contribution in [0.3, 0.4) is 0 Å². The number of H-pyrrole nitrogens is 1. The number of rotatable bonds is 3. The van der Waals surface area contributed by atoms with Gasteiger partial charge in [-0.2, -0.15) is 5.10 Å². The SMILES string of the molecule is Cc1ccc(C(=O)Nc2cccc(-c3ccn[nH]3)c2)cn1. The van der Waals surface area contributed by atoms with Crippen LogP contribution in [-0.2, 0) is 0 Å². The molecule has 0 fully saturated rings. The number of nitrogens with one attached hydrogen (secondary N) is 2. The lowest BCUT2D eigenvalue weighted by Crippen LogP contribution is -2.12. The number of hydrogen-bond acceptors (Lipinski definition) is 3. The van der Waals surface area contributed by atoms with Gasteiger partial charge in [-0.3, -0.25) is 14.9 Å². The molecule has 0 radical (unpaired) electrons. The summed E-state index contributed by atoms with van der Waals surface area (Å²) in [5.41, 5.74) is 4.02. The zero-order chi connectivity index (χ0) is 14.7. The molecule has 0 bridgehead atoms. The topological polar surface area (TPSA) is 70.7 Å². The van der Waals surface area contributed by atoms with Crippen LogP contribution in [0.2, 0.25) is 0 Å². The van der Waals surface area contributed by atoms with Gasteiger partial charge in [0.05, 0.1) is 11.3 Å². The van der Waals surface area contributed by atoms with Gasteiger partial charge in [-0.05, 0) is 37.3 Å². The second-order valence-corrected chi connectivity index (χ2v) is 4.69. The second-order valence-electron chi connectivity index (χ2n) is 4.69. The van der Waals surface area contributed by atoms with E-state index in [1.807, 2.05) is 43.3 Å². The molecular formula is C16H14N4O. The monoisotopic (exact) mass is 278 g/mol. The second kappa shape index (κ2) is 5.58. The number of pyridine rings is 1. The third-order valence-electron chi connectivity index (χ3n) is 3.11. The van der Waals surface area contributed by atoms with Crippen LogP contribution in [0.15, 0.2) is 54.9 Å². The first-order valence-corrected chi connectivity index (χ1v) is 6.56. The van der Waals surface area contributed by atoms with Gasteiger partial charge in [-0.1, -0.05) is 12.1 Å². The van der Waals surface area contributed by atoms with E-state index in [-0.39, 0.29) is 5.91 Å². The van der Waals surface area contributed by atoms with Crippen molar-refractivity contribution in [2.45, 2.75) is 6.92 Å². The van der Waals surface area contributed by atoms with E-state index >= 15 is 0 Å². The Bertz CT molecular complexity index is 748. The molecule has 2 aromatic heterocycles. The molecule has 3 rings (SSSR count). The lowest BCUT2D eigenvalue weighted by atomic mass is 10.1. The number of aryl methyl sites for hydroxylation is 1. The van der Waals surface area contributed by atoms with Crippen LogP contribution in [0.1, 0.15) is 16.1 Å². The average molecular weight is 278 g/mol. The Hall–Kier alpha value is -2.95. The van der Waals surface area contributed by atoms with Crippen molar-refractivity contribution in [1.82, 2.24) is 15.2 Å². The lowest BCUT2D eigenvalue weighted by Gasteiger charge is -2.07. The van der Waals surface area contributed by atoms with E-state index < -0.39 is 0 Å². The van der Waals surface area contributed by atoms with Gasteiger partial charge in [0, 0.05) is 29.3 Å². The van der Waals surface area contributed by atoms with Crippen molar-refractivity contribution in [3.8, 4) is 11.3 Å². The third-order valence-corrected chi connectivity index (χ3v) is 3.11. The normalized spacial score (nSPS) is 10.3. The van der Waals surface area contributed by atoms with Crippen LogP contribution in [0.5, 0.6) is 0 Å². The van der Waals surface area contributed by atoms with Gasteiger partial charge in [0.15, 0.2) is 0 Å². The molecule has 5 nitrogen and oxygen atoms in total. The number of carbonyl (C=O) groups is 1. The van der Waals surface area contributed by atoms with E-state index in [1.54, 1.807) is 18.5 Å². The summed E-state index contributed by atoms with van der Waals surface area (Å²) in [6.07, 6.45) is 3.27. The summed E-state index contributed by atoms with van der Waals surface area (Å²) in [5, 5.41) is 9.69. The largest absolute Gasteiger partial charge is 0.322 e. The van der Waals surface area contributed by atoms with E-state index in [0.717, 1.165) is 22.6 Å². The molecule has 0 atom stereocenters. The van der Waals surface area contributed by atoms with Crippen LogP contribution in [0, 0.1) is 6.92 Å². The third kappa shape index (κ3) is 2.97. The number of aromatic amines is 1. The minimum Gasteiger partial charge on any atom is -0.322 e. The number of carbonyl (C=O) groups excluding carboxylic acids is 1. The van der Waals surface area contributed by atoms with Crippen LogP contribution < -0.4 is 5.32 Å². The molecule has 0 aliphatic heterocycles. The first-order valence-electron chi connectivity index (χ1n) is 6.56. The minimum absolute atomic E-state index is 0.177. The summed E-state index contributed by atoms with van der Waals surface area (Å²) >= 11 is 0. The zero-order valence-electron chi connectivity index (χ0n) is 11.5. The van der Waals surface area contributed by atoms with E-state index in [2.05, 4.69) is 20.5 Å². The molecule has 0 saturated carbocycles. The Kier molecular flexibility index (Phi) is 3.47. The summed E-state index contributed by atoms with van der Waals surface area (Å²) in [6.45, 7) is 1.88. The Balaban J connectivity index is 1.80. The Morgan fingerprint density at radius 2 is 2.10 bits per heavy atom. The standard InChI is InChI=1S/C16H14N4O/c1-11-5-6-13(10-17-11)16(21)19-14-4-2-3-12(9-14)15-7-8-18-20-15/h2-10H,1H3,(H,18,20)(H,19,21). The molecule has 3 aromatic rings. The van der Waals surface area contributed by atoms with Crippen molar-refractivity contribution in [3.63, 3.8) is 0 Å². The van der Waals surface area contributed by atoms with Crippen LogP contribution >= 0.6 is 0 Å². The number of hydrogen-bond donors (Lipinski definition) is 2. The predicted molar refractivity (Wildman–Crippen MR) is 81.0 cm³/mol. The molecule has 0 spiro atoms. The van der Waals surface area contributed by atoms with Crippen molar-refractivity contribution in [3.05, 3.63) is 66.1 Å². The first-order chi connectivity index (χ1) is 10.2. The predicted octanol–water partition coefficient (Wildman–Crippen LogP) is 3.03. The van der Waals surface area contributed by atoms with E-state index in [0.29, 0.717) is 5.56 Å². The van der Waals surface area contributed by atoms with Crippen LogP contribution in [0.4, 0.5) is 5.69 Å². The van der Waals surface area contributed by atoms with Crippen molar-refractivity contribution in [2.24, 2.45) is 0 Å². The summed E-state index contributed by atoms with van der Waals surface area (Å²) in [7, 11) is 0. The van der Waals surface area contributed by atoms with Gasteiger partial charge < -0.3 is 5.32 Å². The van der Waals surface area contributed by atoms with Gasteiger partial charge in [-0.25, -0.2) is 0 Å². The highest BCUT2D eigenvalue weighted by Crippen LogP contribution is 2.20. The van der Waals surface area contributed by atoms with Gasteiger partial charge in [-0.15, -0.1) is 0 Å². The van der Waals surface area contributed by atoms with Crippen molar-refractivity contribution in [2.75, 3.05) is 5.32 Å². The van der Waals surface area contributed by atoms with Crippen molar-refractivity contribution < 1.29 is 4.79 Å². The summed E-state index contributed by atoms with van der Waals surface area (Å²) in [4.78, 5) is 16.3. The fourth-order valence-corrected chi connectivity index (χ4v) is 1.99. The van der Waals surface area contributed by atoms with E-state index in [1.165, 1.54) is 0 Å². The van der Waals surface area contributed by atoms with Gasteiger partial charge >= 0.3 is 0 Å². The Labute approximate surface area is 122 Å². The minimum atomic E-state index is -0.177. The van der Waals surface area contributed by atoms with Crippen molar-refractivity contribution in [1.29, 1.82) is 0 Å². The average Bonchev–Trinajstić information content (AvgIpc) is 3.02. The van der Waals surface area contributed by atoms with E-state index in [4.69, 9.17) is 0 Å². The van der Waals surface area contributed by atoms with Crippen molar-refractivity contribution >= 4 is 11.6 Å². The molecule has 0 aliphatic rings. The van der Waals surface area contributed by atoms with Gasteiger partial charge in [0.1, 0.15) is 0 Å². The number of anilines is 1.